The molecule has 1 aromatic carbocycles. The Morgan fingerprint density at radius 1 is 1.11 bits per heavy atom. The van der Waals surface area contributed by atoms with Crippen LogP contribution in [0.5, 0.6) is 0 Å². The van der Waals surface area contributed by atoms with Crippen molar-refractivity contribution in [2.24, 2.45) is 0 Å². The summed E-state index contributed by atoms with van der Waals surface area (Å²) >= 11 is 0. The Morgan fingerprint density at radius 3 is 2.22 bits per heavy atom. The third-order valence-corrected chi connectivity index (χ3v) is 5.03. The van der Waals surface area contributed by atoms with E-state index in [1.807, 2.05) is 7.05 Å². The first-order valence-electron chi connectivity index (χ1n) is 5.98. The number of benzene rings is 1. The Kier molecular flexibility index (Phi) is 3.89. The van der Waals surface area contributed by atoms with Crippen molar-refractivity contribution >= 4 is 15.7 Å². The summed E-state index contributed by atoms with van der Waals surface area (Å²) < 4.78 is 26.0. The lowest BCUT2D eigenvalue weighted by atomic mass is 10.2. The van der Waals surface area contributed by atoms with E-state index >= 15 is 0 Å². The van der Waals surface area contributed by atoms with Gasteiger partial charge in [0.15, 0.2) is 0 Å². The largest absolute Gasteiger partial charge is 0.399 e. The van der Waals surface area contributed by atoms with Gasteiger partial charge in [-0.2, -0.15) is 4.31 Å². The second-order valence-electron chi connectivity index (χ2n) is 4.70. The Balaban J connectivity index is 2.05. The summed E-state index contributed by atoms with van der Waals surface area (Å²) in [4.78, 5) is 2.13. The molecular weight excluding hydrogens is 250 g/mol. The maximum absolute atomic E-state index is 12.2. The quantitative estimate of drug-likeness (QED) is 0.804. The second kappa shape index (κ2) is 5.26. The van der Waals surface area contributed by atoms with Crippen molar-refractivity contribution < 1.29 is 8.42 Å². The number of nitrogen functional groups attached to an aromatic ring is 1. The smallest absolute Gasteiger partial charge is 0.218 e. The number of nitrogens with zero attached hydrogens (tertiary/aromatic N) is 2. The minimum absolute atomic E-state index is 0.0526. The molecule has 0 aliphatic carbocycles. The van der Waals surface area contributed by atoms with Gasteiger partial charge >= 0.3 is 0 Å². The molecule has 1 fully saturated rings. The summed E-state index contributed by atoms with van der Waals surface area (Å²) in [5.74, 6) is 0.0526. The molecule has 1 aliphatic rings. The minimum atomic E-state index is -3.21. The first-order valence-corrected chi connectivity index (χ1v) is 7.59. The lowest BCUT2D eigenvalue weighted by Crippen LogP contribution is -2.47. The van der Waals surface area contributed by atoms with Crippen molar-refractivity contribution in [3.05, 3.63) is 29.8 Å². The predicted octanol–water partition coefficient (Wildman–Crippen LogP) is 0.346. The van der Waals surface area contributed by atoms with Crippen molar-refractivity contribution in [2.45, 2.75) is 5.75 Å². The van der Waals surface area contributed by atoms with Gasteiger partial charge in [-0.3, -0.25) is 0 Å². The Morgan fingerprint density at radius 2 is 1.67 bits per heavy atom. The number of anilines is 1. The average molecular weight is 269 g/mol. The first kappa shape index (κ1) is 13.3. The number of likely N-dealkylation sites (N-methyl/N-ethyl adjacent to an activating group) is 1. The molecule has 0 spiro atoms. The van der Waals surface area contributed by atoms with Crippen LogP contribution in [0.4, 0.5) is 5.69 Å². The molecule has 1 heterocycles. The first-order chi connectivity index (χ1) is 8.47. The number of hydrogen-bond acceptors (Lipinski definition) is 4. The Hall–Kier alpha value is -1.11. The lowest BCUT2D eigenvalue weighted by molar-refractivity contribution is 0.222. The third kappa shape index (κ3) is 3.22. The van der Waals surface area contributed by atoms with Crippen molar-refractivity contribution in [3.63, 3.8) is 0 Å². The van der Waals surface area contributed by atoms with Gasteiger partial charge in [0.2, 0.25) is 10.0 Å². The summed E-state index contributed by atoms with van der Waals surface area (Å²) in [5, 5.41) is 0. The van der Waals surface area contributed by atoms with E-state index in [0.29, 0.717) is 18.8 Å². The molecule has 0 saturated carbocycles. The van der Waals surface area contributed by atoms with Crippen molar-refractivity contribution in [2.75, 3.05) is 39.0 Å². The molecule has 0 unspecified atom stereocenters. The monoisotopic (exact) mass is 269 g/mol. The molecule has 6 heteroatoms. The summed E-state index contributed by atoms with van der Waals surface area (Å²) in [6.07, 6.45) is 0. The number of hydrogen-bond donors (Lipinski definition) is 1. The van der Waals surface area contributed by atoms with E-state index in [1.165, 1.54) is 0 Å². The summed E-state index contributed by atoms with van der Waals surface area (Å²) in [6, 6.07) is 7.00. The zero-order valence-corrected chi connectivity index (χ0v) is 11.4. The highest BCUT2D eigenvalue weighted by Gasteiger charge is 2.25. The molecule has 0 atom stereocenters. The molecule has 100 valence electrons. The normalized spacial score (nSPS) is 18.9. The molecule has 1 aliphatic heterocycles. The lowest BCUT2D eigenvalue weighted by Gasteiger charge is -2.31. The molecule has 0 aromatic heterocycles. The zero-order chi connectivity index (χ0) is 13.2. The number of rotatable bonds is 3. The van der Waals surface area contributed by atoms with Gasteiger partial charge in [0, 0.05) is 31.9 Å². The summed E-state index contributed by atoms with van der Waals surface area (Å²) in [6.45, 7) is 2.74. The topological polar surface area (TPSA) is 66.6 Å². The van der Waals surface area contributed by atoms with E-state index < -0.39 is 10.0 Å². The van der Waals surface area contributed by atoms with E-state index in [4.69, 9.17) is 5.73 Å². The van der Waals surface area contributed by atoms with E-state index in [2.05, 4.69) is 4.90 Å². The van der Waals surface area contributed by atoms with Gasteiger partial charge in [-0.25, -0.2) is 8.42 Å². The predicted molar refractivity (Wildman–Crippen MR) is 72.5 cm³/mol. The van der Waals surface area contributed by atoms with Gasteiger partial charge < -0.3 is 10.6 Å². The molecule has 0 radical (unpaired) electrons. The number of sulfonamides is 1. The van der Waals surface area contributed by atoms with Crippen LogP contribution < -0.4 is 5.73 Å². The van der Waals surface area contributed by atoms with Crippen LogP contribution in [0.25, 0.3) is 0 Å². The molecule has 2 N–H and O–H groups in total. The van der Waals surface area contributed by atoms with Crippen molar-refractivity contribution in [1.82, 2.24) is 9.21 Å². The van der Waals surface area contributed by atoms with E-state index in [0.717, 1.165) is 18.7 Å². The fraction of sp³-hybridized carbons (Fsp3) is 0.500. The standard InChI is InChI=1S/C12H19N3O2S/c1-14-6-8-15(9-7-14)18(16,17)10-11-2-4-12(13)5-3-11/h2-5H,6-10,13H2,1H3. The van der Waals surface area contributed by atoms with Gasteiger partial charge in [-0.15, -0.1) is 0 Å². The van der Waals surface area contributed by atoms with Gasteiger partial charge in [0.1, 0.15) is 0 Å². The number of piperazine rings is 1. The molecule has 0 amide bonds. The molecule has 0 bridgehead atoms. The van der Waals surface area contributed by atoms with Crippen LogP contribution in [0, 0.1) is 0 Å². The van der Waals surface area contributed by atoms with Gasteiger partial charge in [-0.05, 0) is 24.7 Å². The minimum Gasteiger partial charge on any atom is -0.399 e. The third-order valence-electron chi connectivity index (χ3n) is 3.18. The van der Waals surface area contributed by atoms with Crippen LogP contribution in [0.2, 0.25) is 0 Å². The highest BCUT2D eigenvalue weighted by molar-refractivity contribution is 7.88. The zero-order valence-electron chi connectivity index (χ0n) is 10.5. The fourth-order valence-corrected chi connectivity index (χ4v) is 3.50. The summed E-state index contributed by atoms with van der Waals surface area (Å²) in [7, 11) is -1.20. The van der Waals surface area contributed by atoms with Gasteiger partial charge in [0.25, 0.3) is 0 Å². The average Bonchev–Trinajstić information content (AvgIpc) is 2.32. The second-order valence-corrected chi connectivity index (χ2v) is 6.67. The maximum atomic E-state index is 12.2. The molecule has 2 rings (SSSR count). The fourth-order valence-electron chi connectivity index (χ4n) is 1.98. The van der Waals surface area contributed by atoms with Gasteiger partial charge in [0.05, 0.1) is 5.75 Å². The van der Waals surface area contributed by atoms with Crippen LogP contribution in [0.1, 0.15) is 5.56 Å². The molecular formula is C12H19N3O2S. The van der Waals surface area contributed by atoms with Crippen LogP contribution in [-0.4, -0.2) is 50.8 Å². The van der Waals surface area contributed by atoms with Crippen LogP contribution >= 0.6 is 0 Å². The van der Waals surface area contributed by atoms with Crippen LogP contribution in [0.3, 0.4) is 0 Å². The SMILES string of the molecule is CN1CCN(S(=O)(=O)Cc2ccc(N)cc2)CC1. The highest BCUT2D eigenvalue weighted by atomic mass is 32.2. The van der Waals surface area contributed by atoms with E-state index in [1.54, 1.807) is 28.6 Å². The highest BCUT2D eigenvalue weighted by Crippen LogP contribution is 2.14. The van der Waals surface area contributed by atoms with E-state index in [9.17, 15) is 8.42 Å². The number of nitrogens with two attached hydrogens (primary N) is 1. The Bertz CT molecular complexity index is 491. The molecule has 1 aromatic rings. The molecule has 18 heavy (non-hydrogen) atoms. The van der Waals surface area contributed by atoms with Crippen LogP contribution in [0.15, 0.2) is 24.3 Å². The molecule has 1 saturated heterocycles. The van der Waals surface area contributed by atoms with Gasteiger partial charge in [-0.1, -0.05) is 12.1 Å². The van der Waals surface area contributed by atoms with Crippen molar-refractivity contribution in [3.8, 4) is 0 Å². The van der Waals surface area contributed by atoms with E-state index in [-0.39, 0.29) is 5.75 Å². The maximum Gasteiger partial charge on any atom is 0.218 e. The summed E-state index contributed by atoms with van der Waals surface area (Å²) in [5.41, 5.74) is 7.01. The van der Waals surface area contributed by atoms with Crippen molar-refractivity contribution in [1.29, 1.82) is 0 Å². The Labute approximate surface area is 108 Å². The van der Waals surface area contributed by atoms with Crippen LogP contribution in [-0.2, 0) is 15.8 Å². The molecule has 5 nitrogen and oxygen atoms in total.